The SMILES string of the molecule is COc1cc(CN(C)C(=O)Cc2csc(-c3ccccc3)n2)ccc1OC(F)F. The summed E-state index contributed by atoms with van der Waals surface area (Å²) in [6, 6.07) is 14.4. The molecule has 0 aliphatic heterocycles. The molecule has 2 aromatic carbocycles. The lowest BCUT2D eigenvalue weighted by Crippen LogP contribution is -2.27. The summed E-state index contributed by atoms with van der Waals surface area (Å²) in [5.41, 5.74) is 2.47. The second-order valence-electron chi connectivity index (χ2n) is 6.30. The Hall–Kier alpha value is -3.00. The zero-order chi connectivity index (χ0) is 20.8. The summed E-state index contributed by atoms with van der Waals surface area (Å²) in [6.07, 6.45) is 0.184. The fourth-order valence-electron chi connectivity index (χ4n) is 2.76. The molecule has 0 spiro atoms. The Bertz CT molecular complexity index is 964. The van der Waals surface area contributed by atoms with Gasteiger partial charge in [-0.1, -0.05) is 36.4 Å². The summed E-state index contributed by atoms with van der Waals surface area (Å²) in [7, 11) is 3.06. The average molecular weight is 418 g/mol. The van der Waals surface area contributed by atoms with E-state index in [0.29, 0.717) is 12.2 Å². The van der Waals surface area contributed by atoms with E-state index in [2.05, 4.69) is 9.72 Å². The first-order chi connectivity index (χ1) is 14.0. The molecule has 0 fully saturated rings. The van der Waals surface area contributed by atoms with Crippen molar-refractivity contribution in [1.29, 1.82) is 0 Å². The molecule has 8 heteroatoms. The maximum absolute atomic E-state index is 12.6. The third kappa shape index (κ3) is 5.51. The first-order valence-electron chi connectivity index (χ1n) is 8.81. The number of carbonyl (C=O) groups is 1. The number of halogens is 2. The van der Waals surface area contributed by atoms with E-state index >= 15 is 0 Å². The van der Waals surface area contributed by atoms with Crippen LogP contribution in [0.2, 0.25) is 0 Å². The summed E-state index contributed by atoms with van der Waals surface area (Å²) < 4.78 is 34.4. The first kappa shape index (κ1) is 20.7. The molecule has 29 heavy (non-hydrogen) atoms. The molecule has 1 amide bonds. The van der Waals surface area contributed by atoms with Gasteiger partial charge < -0.3 is 14.4 Å². The van der Waals surface area contributed by atoms with Gasteiger partial charge in [-0.2, -0.15) is 8.78 Å². The molecule has 3 rings (SSSR count). The minimum atomic E-state index is -2.93. The lowest BCUT2D eigenvalue weighted by molar-refractivity contribution is -0.129. The number of likely N-dealkylation sites (N-methyl/N-ethyl adjacent to an activating group) is 1. The number of alkyl halides is 2. The standard InChI is InChI=1S/C21H20F2N2O3S/c1-25(12-14-8-9-17(28-21(22)23)18(10-14)27-2)19(26)11-16-13-29-20(24-16)15-6-4-3-5-7-15/h3-10,13,21H,11-12H2,1-2H3. The summed E-state index contributed by atoms with van der Waals surface area (Å²) in [5.74, 6) is 0.0496. The molecule has 0 saturated heterocycles. The van der Waals surface area contributed by atoms with Crippen molar-refractivity contribution in [2.24, 2.45) is 0 Å². The Morgan fingerprint density at radius 1 is 1.17 bits per heavy atom. The number of amides is 1. The highest BCUT2D eigenvalue weighted by Gasteiger charge is 2.15. The van der Waals surface area contributed by atoms with Crippen LogP contribution in [0, 0.1) is 0 Å². The maximum atomic E-state index is 12.6. The van der Waals surface area contributed by atoms with Crippen LogP contribution in [0.25, 0.3) is 10.6 Å². The van der Waals surface area contributed by atoms with Gasteiger partial charge in [-0.25, -0.2) is 4.98 Å². The maximum Gasteiger partial charge on any atom is 0.387 e. The molecule has 5 nitrogen and oxygen atoms in total. The zero-order valence-corrected chi connectivity index (χ0v) is 16.8. The third-order valence-electron chi connectivity index (χ3n) is 4.19. The van der Waals surface area contributed by atoms with Gasteiger partial charge in [0, 0.05) is 24.5 Å². The number of thiazole rings is 1. The monoisotopic (exact) mass is 418 g/mol. The number of hydrogen-bond donors (Lipinski definition) is 0. The van der Waals surface area contributed by atoms with Crippen molar-refractivity contribution < 1.29 is 23.0 Å². The van der Waals surface area contributed by atoms with Crippen molar-refractivity contribution in [1.82, 2.24) is 9.88 Å². The third-order valence-corrected chi connectivity index (χ3v) is 5.13. The van der Waals surface area contributed by atoms with Gasteiger partial charge in [0.2, 0.25) is 5.91 Å². The van der Waals surface area contributed by atoms with E-state index in [4.69, 9.17) is 4.74 Å². The van der Waals surface area contributed by atoms with E-state index in [9.17, 15) is 13.6 Å². The molecule has 0 radical (unpaired) electrons. The van der Waals surface area contributed by atoms with Crippen molar-refractivity contribution >= 4 is 17.2 Å². The number of methoxy groups -OCH3 is 1. The number of hydrogen-bond acceptors (Lipinski definition) is 5. The van der Waals surface area contributed by atoms with E-state index in [1.165, 1.54) is 24.5 Å². The van der Waals surface area contributed by atoms with Crippen LogP contribution in [-0.2, 0) is 17.8 Å². The molecule has 0 aliphatic rings. The van der Waals surface area contributed by atoms with Gasteiger partial charge in [0.1, 0.15) is 5.01 Å². The molecule has 0 N–H and O–H groups in total. The molecular formula is C21H20F2N2O3S. The largest absolute Gasteiger partial charge is 0.493 e. The number of carbonyl (C=O) groups excluding carboxylic acids is 1. The van der Waals surface area contributed by atoms with Crippen LogP contribution in [-0.4, -0.2) is 36.6 Å². The minimum absolute atomic E-state index is 0.0452. The Kier molecular flexibility index (Phi) is 6.77. The van der Waals surface area contributed by atoms with Gasteiger partial charge in [0.15, 0.2) is 11.5 Å². The highest BCUT2D eigenvalue weighted by atomic mass is 32.1. The van der Waals surface area contributed by atoms with Gasteiger partial charge in [0.25, 0.3) is 0 Å². The minimum Gasteiger partial charge on any atom is -0.493 e. The molecule has 0 saturated carbocycles. The summed E-state index contributed by atoms with van der Waals surface area (Å²) in [4.78, 5) is 18.7. The van der Waals surface area contributed by atoms with Crippen molar-refractivity contribution in [3.8, 4) is 22.1 Å². The van der Waals surface area contributed by atoms with E-state index in [1.807, 2.05) is 35.7 Å². The summed E-state index contributed by atoms with van der Waals surface area (Å²) in [5, 5.41) is 2.75. The topological polar surface area (TPSA) is 51.7 Å². The van der Waals surface area contributed by atoms with Crippen molar-refractivity contribution in [3.63, 3.8) is 0 Å². The molecule has 0 unspecified atom stereocenters. The van der Waals surface area contributed by atoms with Gasteiger partial charge in [-0.05, 0) is 17.7 Å². The van der Waals surface area contributed by atoms with Crippen LogP contribution in [0.15, 0.2) is 53.9 Å². The van der Waals surface area contributed by atoms with Crippen molar-refractivity contribution in [2.45, 2.75) is 19.6 Å². The predicted molar refractivity (Wildman–Crippen MR) is 107 cm³/mol. The number of aromatic nitrogens is 1. The Morgan fingerprint density at radius 2 is 1.93 bits per heavy atom. The quantitative estimate of drug-likeness (QED) is 0.536. The lowest BCUT2D eigenvalue weighted by Gasteiger charge is -2.18. The predicted octanol–water partition coefficient (Wildman–Crippen LogP) is 4.62. The summed E-state index contributed by atoms with van der Waals surface area (Å²) in [6.45, 7) is -2.63. The van der Waals surface area contributed by atoms with Gasteiger partial charge in [0.05, 0.1) is 19.2 Å². The van der Waals surface area contributed by atoms with Crippen LogP contribution < -0.4 is 9.47 Å². The van der Waals surface area contributed by atoms with Crippen LogP contribution in [0.1, 0.15) is 11.3 Å². The van der Waals surface area contributed by atoms with E-state index in [0.717, 1.165) is 16.1 Å². The second-order valence-corrected chi connectivity index (χ2v) is 7.16. The summed E-state index contributed by atoms with van der Waals surface area (Å²) >= 11 is 1.50. The molecule has 0 aliphatic carbocycles. The zero-order valence-electron chi connectivity index (χ0n) is 16.0. The number of ether oxygens (including phenoxy) is 2. The van der Waals surface area contributed by atoms with Crippen LogP contribution in [0.3, 0.4) is 0 Å². The number of benzene rings is 2. The van der Waals surface area contributed by atoms with Crippen LogP contribution in [0.4, 0.5) is 8.78 Å². The first-order valence-corrected chi connectivity index (χ1v) is 9.69. The smallest absolute Gasteiger partial charge is 0.387 e. The molecule has 152 valence electrons. The Balaban J connectivity index is 1.63. The highest BCUT2D eigenvalue weighted by molar-refractivity contribution is 7.13. The van der Waals surface area contributed by atoms with E-state index in [1.54, 1.807) is 24.1 Å². The van der Waals surface area contributed by atoms with Gasteiger partial charge in [-0.3, -0.25) is 4.79 Å². The van der Waals surface area contributed by atoms with Crippen LogP contribution in [0.5, 0.6) is 11.5 Å². The van der Waals surface area contributed by atoms with Crippen molar-refractivity contribution in [3.05, 3.63) is 65.2 Å². The molecule has 0 bridgehead atoms. The van der Waals surface area contributed by atoms with Gasteiger partial charge in [-0.15, -0.1) is 11.3 Å². The highest BCUT2D eigenvalue weighted by Crippen LogP contribution is 2.30. The molecule has 1 aromatic heterocycles. The Labute approximate surface area is 171 Å². The Morgan fingerprint density at radius 3 is 2.62 bits per heavy atom. The average Bonchev–Trinajstić information content (AvgIpc) is 3.17. The second kappa shape index (κ2) is 9.47. The fourth-order valence-corrected chi connectivity index (χ4v) is 3.58. The normalized spacial score (nSPS) is 10.8. The van der Waals surface area contributed by atoms with E-state index < -0.39 is 6.61 Å². The number of rotatable bonds is 8. The molecule has 0 atom stereocenters. The number of nitrogens with zero attached hydrogens (tertiary/aromatic N) is 2. The van der Waals surface area contributed by atoms with Gasteiger partial charge >= 0.3 is 6.61 Å². The lowest BCUT2D eigenvalue weighted by atomic mass is 10.2. The fraction of sp³-hybridized carbons (Fsp3) is 0.238. The van der Waals surface area contributed by atoms with Crippen molar-refractivity contribution in [2.75, 3.05) is 14.2 Å². The molecule has 1 heterocycles. The molecule has 3 aromatic rings. The molecular weight excluding hydrogens is 398 g/mol. The van der Waals surface area contributed by atoms with Crippen LogP contribution >= 0.6 is 11.3 Å². The van der Waals surface area contributed by atoms with E-state index in [-0.39, 0.29) is 23.8 Å².